The van der Waals surface area contributed by atoms with Crippen LogP contribution in [-0.4, -0.2) is 47.0 Å². The second-order valence-electron chi connectivity index (χ2n) is 7.80. The van der Waals surface area contributed by atoms with Crippen molar-refractivity contribution < 1.29 is 27.4 Å². The van der Waals surface area contributed by atoms with Crippen LogP contribution in [0.15, 0.2) is 72.3 Å². The SMILES string of the molecule is C[C@@H](n1ncn(-c2ccc(OCC(F)(F)F)cc2)c1=O)[C@](O)(Cn1cncn1)c1ccccc1F. The zero-order valence-corrected chi connectivity index (χ0v) is 18.3. The van der Waals surface area contributed by atoms with Crippen LogP contribution in [-0.2, 0) is 12.1 Å². The van der Waals surface area contributed by atoms with Crippen molar-refractivity contribution in [1.82, 2.24) is 29.1 Å². The standard InChI is InChI=1S/C22H20F4N6O3/c1-15(21(34,10-30-13-27-12-28-30)18-4-2-3-5-19(18)23)32-20(33)31(14-29-32)16-6-8-17(9-7-16)35-11-22(24,25)26/h2-9,12-15,34H,10-11H2,1H3/t15-,21-/m1/s1. The highest BCUT2D eigenvalue weighted by Gasteiger charge is 2.41. The van der Waals surface area contributed by atoms with Crippen LogP contribution in [0.2, 0.25) is 0 Å². The second-order valence-corrected chi connectivity index (χ2v) is 7.80. The van der Waals surface area contributed by atoms with E-state index in [4.69, 9.17) is 0 Å². The molecule has 2 heterocycles. The highest BCUT2D eigenvalue weighted by Crippen LogP contribution is 2.35. The molecule has 0 saturated carbocycles. The maximum Gasteiger partial charge on any atom is 0.422 e. The number of rotatable bonds is 8. The van der Waals surface area contributed by atoms with Gasteiger partial charge in [0.2, 0.25) is 0 Å². The lowest BCUT2D eigenvalue weighted by Gasteiger charge is -2.34. The van der Waals surface area contributed by atoms with Crippen LogP contribution in [0, 0.1) is 5.82 Å². The zero-order valence-electron chi connectivity index (χ0n) is 18.3. The van der Waals surface area contributed by atoms with Crippen LogP contribution >= 0.6 is 0 Å². The number of alkyl halides is 3. The number of ether oxygens (including phenoxy) is 1. The normalized spacial score (nSPS) is 14.5. The van der Waals surface area contributed by atoms with Crippen molar-refractivity contribution in [3.63, 3.8) is 0 Å². The summed E-state index contributed by atoms with van der Waals surface area (Å²) in [5.74, 6) is -0.703. The molecule has 4 rings (SSSR count). The van der Waals surface area contributed by atoms with E-state index in [2.05, 4.69) is 19.9 Å². The van der Waals surface area contributed by atoms with Crippen molar-refractivity contribution in [3.05, 3.63) is 89.4 Å². The summed E-state index contributed by atoms with van der Waals surface area (Å²) in [7, 11) is 0. The Morgan fingerprint density at radius 2 is 1.77 bits per heavy atom. The lowest BCUT2D eigenvalue weighted by atomic mass is 9.86. The molecule has 0 unspecified atom stereocenters. The number of halogens is 4. The Morgan fingerprint density at radius 1 is 1.06 bits per heavy atom. The van der Waals surface area contributed by atoms with Gasteiger partial charge in [0, 0.05) is 5.56 Å². The summed E-state index contributed by atoms with van der Waals surface area (Å²) in [5, 5.41) is 19.7. The van der Waals surface area contributed by atoms with Crippen molar-refractivity contribution in [2.75, 3.05) is 6.61 Å². The molecule has 0 fully saturated rings. The van der Waals surface area contributed by atoms with Gasteiger partial charge >= 0.3 is 11.9 Å². The van der Waals surface area contributed by atoms with Gasteiger partial charge in [-0.3, -0.25) is 0 Å². The average Bonchev–Trinajstić information content (AvgIpc) is 3.46. The Hall–Kier alpha value is -4.00. The molecule has 0 saturated heterocycles. The van der Waals surface area contributed by atoms with Gasteiger partial charge in [0.15, 0.2) is 6.61 Å². The van der Waals surface area contributed by atoms with Gasteiger partial charge < -0.3 is 9.84 Å². The van der Waals surface area contributed by atoms with Crippen molar-refractivity contribution in [1.29, 1.82) is 0 Å². The molecule has 35 heavy (non-hydrogen) atoms. The summed E-state index contributed by atoms with van der Waals surface area (Å²) >= 11 is 0. The van der Waals surface area contributed by atoms with E-state index in [1.54, 1.807) is 6.07 Å². The fourth-order valence-corrected chi connectivity index (χ4v) is 3.65. The lowest BCUT2D eigenvalue weighted by Crippen LogP contribution is -2.44. The first-order valence-corrected chi connectivity index (χ1v) is 10.3. The monoisotopic (exact) mass is 492 g/mol. The van der Waals surface area contributed by atoms with Crippen molar-refractivity contribution >= 4 is 0 Å². The van der Waals surface area contributed by atoms with Crippen LogP contribution in [0.5, 0.6) is 5.75 Å². The van der Waals surface area contributed by atoms with Gasteiger partial charge in [-0.05, 0) is 37.3 Å². The first-order chi connectivity index (χ1) is 16.6. The summed E-state index contributed by atoms with van der Waals surface area (Å²) in [6, 6.07) is 9.92. The zero-order chi connectivity index (χ0) is 25.2. The van der Waals surface area contributed by atoms with Crippen LogP contribution in [0.4, 0.5) is 17.6 Å². The molecular formula is C22H20F4N6O3. The first kappa shape index (κ1) is 24.1. The molecule has 2 atom stereocenters. The average molecular weight is 492 g/mol. The van der Waals surface area contributed by atoms with E-state index in [1.807, 2.05) is 0 Å². The van der Waals surface area contributed by atoms with Crippen LogP contribution in [0.3, 0.4) is 0 Å². The maximum absolute atomic E-state index is 14.7. The number of benzene rings is 2. The Morgan fingerprint density at radius 3 is 2.40 bits per heavy atom. The Balaban J connectivity index is 1.66. The van der Waals surface area contributed by atoms with Crippen molar-refractivity contribution in [3.8, 4) is 11.4 Å². The largest absolute Gasteiger partial charge is 0.484 e. The molecule has 0 radical (unpaired) electrons. The molecule has 0 bridgehead atoms. The van der Waals surface area contributed by atoms with Gasteiger partial charge in [0.05, 0.1) is 18.3 Å². The van der Waals surface area contributed by atoms with E-state index in [9.17, 15) is 27.5 Å². The molecule has 0 spiro atoms. The maximum atomic E-state index is 14.7. The third kappa shape index (κ3) is 5.09. The highest BCUT2D eigenvalue weighted by molar-refractivity contribution is 5.37. The van der Waals surface area contributed by atoms with Gasteiger partial charge in [-0.1, -0.05) is 18.2 Å². The third-order valence-electron chi connectivity index (χ3n) is 5.48. The Labute approximate surface area is 195 Å². The quantitative estimate of drug-likeness (QED) is 0.380. The minimum absolute atomic E-state index is 0.0263. The Bertz CT molecular complexity index is 1330. The minimum Gasteiger partial charge on any atom is -0.484 e. The third-order valence-corrected chi connectivity index (χ3v) is 5.48. The number of aliphatic hydroxyl groups is 1. The molecular weight excluding hydrogens is 472 g/mol. The molecule has 0 aliphatic carbocycles. The molecule has 184 valence electrons. The predicted octanol–water partition coefficient (Wildman–Crippen LogP) is 2.85. The summed E-state index contributed by atoms with van der Waals surface area (Å²) in [6.07, 6.45) is -0.673. The van der Waals surface area contributed by atoms with E-state index in [0.717, 1.165) is 9.25 Å². The number of hydrogen-bond donors (Lipinski definition) is 1. The molecule has 0 aliphatic rings. The predicted molar refractivity (Wildman–Crippen MR) is 114 cm³/mol. The van der Waals surface area contributed by atoms with Gasteiger partial charge in [0.25, 0.3) is 0 Å². The summed E-state index contributed by atoms with van der Waals surface area (Å²) in [4.78, 5) is 17.0. The van der Waals surface area contributed by atoms with E-state index in [0.29, 0.717) is 5.69 Å². The second kappa shape index (κ2) is 9.33. The lowest BCUT2D eigenvalue weighted by molar-refractivity contribution is -0.153. The molecule has 0 amide bonds. The molecule has 1 N–H and O–H groups in total. The molecule has 2 aromatic heterocycles. The van der Waals surface area contributed by atoms with Crippen molar-refractivity contribution in [2.24, 2.45) is 0 Å². The fourth-order valence-electron chi connectivity index (χ4n) is 3.65. The first-order valence-electron chi connectivity index (χ1n) is 10.3. The Kier molecular flexibility index (Phi) is 6.43. The molecule has 2 aromatic carbocycles. The van der Waals surface area contributed by atoms with E-state index in [-0.39, 0.29) is 17.9 Å². The summed E-state index contributed by atoms with van der Waals surface area (Å²) in [5.41, 5.74) is -2.36. The molecule has 9 nitrogen and oxygen atoms in total. The smallest absolute Gasteiger partial charge is 0.422 e. The van der Waals surface area contributed by atoms with E-state index < -0.39 is 35.9 Å². The number of hydrogen-bond acceptors (Lipinski definition) is 6. The number of aromatic nitrogens is 6. The van der Waals surface area contributed by atoms with Gasteiger partial charge in [-0.25, -0.2) is 28.1 Å². The van der Waals surface area contributed by atoms with Gasteiger partial charge in [-0.2, -0.15) is 23.4 Å². The summed E-state index contributed by atoms with van der Waals surface area (Å²) in [6.45, 7) is -0.155. The fraction of sp³-hybridized carbons (Fsp3) is 0.273. The molecule has 13 heteroatoms. The van der Waals surface area contributed by atoms with Crippen LogP contribution < -0.4 is 10.4 Å². The van der Waals surface area contributed by atoms with Gasteiger partial charge in [0.1, 0.15) is 36.1 Å². The molecule has 4 aromatic rings. The van der Waals surface area contributed by atoms with Crippen LogP contribution in [0.1, 0.15) is 18.5 Å². The molecule has 0 aliphatic heterocycles. The van der Waals surface area contributed by atoms with E-state index in [1.165, 1.54) is 73.1 Å². The number of nitrogens with zero attached hydrogens (tertiary/aromatic N) is 6. The van der Waals surface area contributed by atoms with E-state index >= 15 is 0 Å². The summed E-state index contributed by atoms with van der Waals surface area (Å²) < 4.78 is 59.9. The van der Waals surface area contributed by atoms with Crippen molar-refractivity contribution in [2.45, 2.75) is 31.3 Å². The highest BCUT2D eigenvalue weighted by atomic mass is 19.4. The van der Waals surface area contributed by atoms with Gasteiger partial charge in [-0.15, -0.1) is 0 Å². The topological polar surface area (TPSA) is 100.0 Å². The minimum atomic E-state index is -4.48. The van der Waals surface area contributed by atoms with Crippen LogP contribution in [0.25, 0.3) is 5.69 Å².